The van der Waals surface area contributed by atoms with Gasteiger partial charge in [0.25, 0.3) is 0 Å². The Morgan fingerprint density at radius 2 is 2.35 bits per heavy atom. The smallest absolute Gasteiger partial charge is 0.123 e. The molecule has 1 N–H and O–H groups in total. The third-order valence-corrected chi connectivity index (χ3v) is 3.40. The molecule has 1 heterocycles. The normalized spacial score (nSPS) is 20.1. The van der Waals surface area contributed by atoms with Crippen LogP contribution in [-0.4, -0.2) is 38.1 Å². The van der Waals surface area contributed by atoms with Crippen molar-refractivity contribution in [3.63, 3.8) is 0 Å². The van der Waals surface area contributed by atoms with Gasteiger partial charge in [0.1, 0.15) is 5.82 Å². The Bertz CT molecular complexity index is 348. The molecule has 1 aromatic rings. The van der Waals surface area contributed by atoms with Crippen LogP contribution < -0.4 is 5.32 Å². The Labute approximate surface area is 103 Å². The number of benzene rings is 1. The zero-order valence-electron chi connectivity index (χ0n) is 10.5. The van der Waals surface area contributed by atoms with Gasteiger partial charge in [0, 0.05) is 13.1 Å². The SMILES string of the molecule is CN(CCc1cccc(F)c1)CC1CCNC1. The third kappa shape index (κ3) is 4.10. The van der Waals surface area contributed by atoms with Gasteiger partial charge in [0.15, 0.2) is 0 Å². The summed E-state index contributed by atoms with van der Waals surface area (Å²) in [5.41, 5.74) is 1.08. The first-order valence-electron chi connectivity index (χ1n) is 6.38. The molecular weight excluding hydrogens is 215 g/mol. The van der Waals surface area contributed by atoms with E-state index in [-0.39, 0.29) is 5.82 Å². The molecule has 1 aliphatic rings. The molecule has 2 nitrogen and oxygen atoms in total. The first-order chi connectivity index (χ1) is 8.24. The quantitative estimate of drug-likeness (QED) is 0.840. The number of rotatable bonds is 5. The second kappa shape index (κ2) is 6.12. The topological polar surface area (TPSA) is 15.3 Å². The van der Waals surface area contributed by atoms with Gasteiger partial charge in [-0.15, -0.1) is 0 Å². The molecule has 1 aliphatic heterocycles. The van der Waals surface area contributed by atoms with Crippen LogP contribution in [0.25, 0.3) is 0 Å². The van der Waals surface area contributed by atoms with Crippen molar-refractivity contribution in [1.82, 2.24) is 10.2 Å². The summed E-state index contributed by atoms with van der Waals surface area (Å²) < 4.78 is 13.0. The van der Waals surface area contributed by atoms with Crippen LogP contribution in [0.4, 0.5) is 4.39 Å². The molecule has 1 aromatic carbocycles. The Morgan fingerprint density at radius 3 is 3.06 bits per heavy atom. The molecule has 0 aliphatic carbocycles. The maximum absolute atomic E-state index is 13.0. The van der Waals surface area contributed by atoms with Gasteiger partial charge in [-0.1, -0.05) is 12.1 Å². The van der Waals surface area contributed by atoms with Gasteiger partial charge in [0.05, 0.1) is 0 Å². The Balaban J connectivity index is 1.73. The summed E-state index contributed by atoms with van der Waals surface area (Å²) in [6, 6.07) is 6.90. The summed E-state index contributed by atoms with van der Waals surface area (Å²) in [5, 5.41) is 3.38. The molecule has 2 rings (SSSR count). The number of nitrogens with zero attached hydrogens (tertiary/aromatic N) is 1. The maximum Gasteiger partial charge on any atom is 0.123 e. The van der Waals surface area contributed by atoms with E-state index >= 15 is 0 Å². The molecule has 0 saturated carbocycles. The monoisotopic (exact) mass is 236 g/mol. The second-order valence-electron chi connectivity index (χ2n) is 5.00. The van der Waals surface area contributed by atoms with Crippen LogP contribution >= 0.6 is 0 Å². The fourth-order valence-electron chi connectivity index (χ4n) is 2.41. The van der Waals surface area contributed by atoms with Crippen LogP contribution in [0, 0.1) is 11.7 Å². The molecule has 0 radical (unpaired) electrons. The predicted octanol–water partition coefficient (Wildman–Crippen LogP) is 1.91. The predicted molar refractivity (Wildman–Crippen MR) is 68.6 cm³/mol. The van der Waals surface area contributed by atoms with Crippen molar-refractivity contribution in [2.24, 2.45) is 5.92 Å². The van der Waals surface area contributed by atoms with Gasteiger partial charge in [-0.25, -0.2) is 4.39 Å². The minimum atomic E-state index is -0.134. The van der Waals surface area contributed by atoms with E-state index in [0.717, 1.165) is 44.1 Å². The van der Waals surface area contributed by atoms with Gasteiger partial charge in [-0.2, -0.15) is 0 Å². The van der Waals surface area contributed by atoms with Gasteiger partial charge < -0.3 is 10.2 Å². The lowest BCUT2D eigenvalue weighted by Crippen LogP contribution is -2.28. The van der Waals surface area contributed by atoms with E-state index in [1.807, 2.05) is 6.07 Å². The van der Waals surface area contributed by atoms with Crippen LogP contribution in [0.15, 0.2) is 24.3 Å². The summed E-state index contributed by atoms with van der Waals surface area (Å²) in [4.78, 5) is 2.35. The molecule has 1 fully saturated rings. The lowest BCUT2D eigenvalue weighted by molar-refractivity contribution is 0.288. The Hall–Kier alpha value is -0.930. The van der Waals surface area contributed by atoms with Gasteiger partial charge >= 0.3 is 0 Å². The molecule has 0 spiro atoms. The largest absolute Gasteiger partial charge is 0.316 e. The summed E-state index contributed by atoms with van der Waals surface area (Å²) >= 11 is 0. The minimum Gasteiger partial charge on any atom is -0.316 e. The van der Waals surface area contributed by atoms with Crippen LogP contribution in [0.2, 0.25) is 0 Å². The highest BCUT2D eigenvalue weighted by Crippen LogP contribution is 2.10. The van der Waals surface area contributed by atoms with Crippen molar-refractivity contribution in [2.45, 2.75) is 12.8 Å². The van der Waals surface area contributed by atoms with Crippen LogP contribution in [0.3, 0.4) is 0 Å². The first kappa shape index (κ1) is 12.5. The van der Waals surface area contributed by atoms with Crippen molar-refractivity contribution >= 4 is 0 Å². The molecule has 0 aromatic heterocycles. The summed E-state index contributed by atoms with van der Waals surface area (Å²) in [5.74, 6) is 0.651. The lowest BCUT2D eigenvalue weighted by atomic mass is 10.1. The van der Waals surface area contributed by atoms with Crippen LogP contribution in [-0.2, 0) is 6.42 Å². The summed E-state index contributed by atoms with van der Waals surface area (Å²) in [6.07, 6.45) is 2.21. The molecule has 1 atom stereocenters. The van der Waals surface area contributed by atoms with Gasteiger partial charge in [0.2, 0.25) is 0 Å². The average molecular weight is 236 g/mol. The molecule has 1 saturated heterocycles. The van der Waals surface area contributed by atoms with Gasteiger partial charge in [-0.05, 0) is 56.6 Å². The van der Waals surface area contributed by atoms with Crippen molar-refractivity contribution < 1.29 is 4.39 Å². The number of nitrogens with one attached hydrogen (secondary N) is 1. The average Bonchev–Trinajstić information content (AvgIpc) is 2.79. The molecule has 0 bridgehead atoms. The van der Waals surface area contributed by atoms with Crippen LogP contribution in [0.5, 0.6) is 0 Å². The molecule has 0 amide bonds. The van der Waals surface area contributed by atoms with Crippen molar-refractivity contribution in [1.29, 1.82) is 0 Å². The Morgan fingerprint density at radius 1 is 1.47 bits per heavy atom. The van der Waals surface area contributed by atoms with E-state index in [1.54, 1.807) is 12.1 Å². The van der Waals surface area contributed by atoms with E-state index in [1.165, 1.54) is 12.5 Å². The first-order valence-corrected chi connectivity index (χ1v) is 6.38. The fourth-order valence-corrected chi connectivity index (χ4v) is 2.41. The van der Waals surface area contributed by atoms with Gasteiger partial charge in [-0.3, -0.25) is 0 Å². The number of likely N-dealkylation sites (N-methyl/N-ethyl adjacent to an activating group) is 1. The standard InChI is InChI=1S/C14H21FN2/c1-17(11-13-5-7-16-10-13)8-6-12-3-2-4-14(15)9-12/h2-4,9,13,16H,5-8,10-11H2,1H3. The number of hydrogen-bond donors (Lipinski definition) is 1. The highest BCUT2D eigenvalue weighted by Gasteiger charge is 2.15. The second-order valence-corrected chi connectivity index (χ2v) is 5.00. The zero-order valence-corrected chi connectivity index (χ0v) is 10.5. The molecule has 17 heavy (non-hydrogen) atoms. The fraction of sp³-hybridized carbons (Fsp3) is 0.571. The van der Waals surface area contributed by atoms with Crippen molar-refractivity contribution in [3.8, 4) is 0 Å². The molecular formula is C14H21FN2. The summed E-state index contributed by atoms with van der Waals surface area (Å²) in [7, 11) is 2.15. The third-order valence-electron chi connectivity index (χ3n) is 3.40. The van der Waals surface area contributed by atoms with E-state index < -0.39 is 0 Å². The van der Waals surface area contributed by atoms with Crippen molar-refractivity contribution in [2.75, 3.05) is 33.2 Å². The molecule has 94 valence electrons. The minimum absolute atomic E-state index is 0.134. The van der Waals surface area contributed by atoms with Crippen molar-refractivity contribution in [3.05, 3.63) is 35.6 Å². The van der Waals surface area contributed by atoms with Crippen LogP contribution in [0.1, 0.15) is 12.0 Å². The highest BCUT2D eigenvalue weighted by atomic mass is 19.1. The lowest BCUT2D eigenvalue weighted by Gasteiger charge is -2.20. The zero-order chi connectivity index (χ0) is 12.1. The van der Waals surface area contributed by atoms with E-state index in [0.29, 0.717) is 0 Å². The summed E-state index contributed by atoms with van der Waals surface area (Å²) in [6.45, 7) is 4.44. The number of hydrogen-bond acceptors (Lipinski definition) is 2. The van der Waals surface area contributed by atoms with E-state index in [4.69, 9.17) is 0 Å². The number of halogens is 1. The van der Waals surface area contributed by atoms with E-state index in [2.05, 4.69) is 17.3 Å². The highest BCUT2D eigenvalue weighted by molar-refractivity contribution is 5.16. The maximum atomic E-state index is 13.0. The van der Waals surface area contributed by atoms with E-state index in [9.17, 15) is 4.39 Å². The molecule has 1 unspecified atom stereocenters. The Kier molecular flexibility index (Phi) is 4.51. The molecule has 3 heteroatoms.